The Hall–Kier alpha value is -2.98. The molecule has 9 nitrogen and oxygen atoms in total. The standard InChI is InChI=1S/C20H26N2O4.CH4O3S/c1-23-16-8-4-5-9-17(16)25-12-6-3-7-13-26-18-11-10-15(20(21)22)14-19(18)24-2;1-5(2,3)4/h4-5,8-11,14H,3,6-7,12-13H2,1-2H3,(H3,21,22);1H3,(H,2,3,4). The zero-order chi connectivity index (χ0) is 23.3. The number of benzene rings is 2. The van der Waals surface area contributed by atoms with Gasteiger partial charge in [0.2, 0.25) is 0 Å². The molecule has 0 heterocycles. The molecule has 0 fully saturated rings. The van der Waals surface area contributed by atoms with Gasteiger partial charge in [-0.1, -0.05) is 12.1 Å². The van der Waals surface area contributed by atoms with Crippen molar-refractivity contribution in [1.82, 2.24) is 0 Å². The van der Waals surface area contributed by atoms with Crippen LogP contribution in [0, 0.1) is 5.41 Å². The van der Waals surface area contributed by atoms with Crippen molar-refractivity contribution in [2.45, 2.75) is 19.3 Å². The van der Waals surface area contributed by atoms with E-state index in [9.17, 15) is 8.42 Å². The number of ether oxygens (including phenoxy) is 4. The minimum atomic E-state index is -3.67. The van der Waals surface area contributed by atoms with Gasteiger partial charge in [-0.3, -0.25) is 9.96 Å². The number of rotatable bonds is 11. The van der Waals surface area contributed by atoms with Gasteiger partial charge in [0.1, 0.15) is 5.84 Å². The smallest absolute Gasteiger partial charge is 0.261 e. The molecule has 4 N–H and O–H groups in total. The second-order valence-corrected chi connectivity index (χ2v) is 7.89. The molecule has 0 bridgehead atoms. The average molecular weight is 455 g/mol. The third kappa shape index (κ3) is 11.1. The van der Waals surface area contributed by atoms with Crippen molar-refractivity contribution >= 4 is 16.0 Å². The van der Waals surface area contributed by atoms with Gasteiger partial charge >= 0.3 is 0 Å². The minimum Gasteiger partial charge on any atom is -0.493 e. The fourth-order valence-electron chi connectivity index (χ4n) is 2.44. The van der Waals surface area contributed by atoms with Crippen LogP contribution in [-0.4, -0.2) is 52.5 Å². The highest BCUT2D eigenvalue weighted by Crippen LogP contribution is 2.28. The SMILES string of the molecule is COc1ccccc1OCCCCCOc1ccc(C(=N)N)cc1OC.CS(=O)(=O)O. The van der Waals surface area contributed by atoms with Gasteiger partial charge in [-0.2, -0.15) is 8.42 Å². The number of hydrogen-bond acceptors (Lipinski definition) is 7. The molecular formula is C21H30N2O7S. The molecule has 0 amide bonds. The number of nitrogens with two attached hydrogens (primary N) is 1. The molecule has 10 heteroatoms. The first kappa shape index (κ1) is 26.1. The number of unbranched alkanes of at least 4 members (excludes halogenated alkanes) is 2. The Labute approximate surface area is 183 Å². The molecule has 0 saturated carbocycles. The summed E-state index contributed by atoms with van der Waals surface area (Å²) in [4.78, 5) is 0. The monoisotopic (exact) mass is 454 g/mol. The van der Waals surface area contributed by atoms with Gasteiger partial charge in [-0.15, -0.1) is 0 Å². The highest BCUT2D eigenvalue weighted by Gasteiger charge is 2.07. The Bertz CT molecular complexity index is 925. The molecule has 0 spiro atoms. The van der Waals surface area contributed by atoms with Crippen LogP contribution < -0.4 is 24.7 Å². The second kappa shape index (κ2) is 13.3. The maximum atomic E-state index is 9.19. The third-order valence-electron chi connectivity index (χ3n) is 3.85. The quantitative estimate of drug-likeness (QED) is 0.203. The molecule has 0 saturated heterocycles. The number of nitrogen functional groups attached to an aromatic ring is 1. The Morgan fingerprint density at radius 1 is 0.903 bits per heavy atom. The van der Waals surface area contributed by atoms with E-state index in [1.165, 1.54) is 0 Å². The lowest BCUT2D eigenvalue weighted by atomic mass is 10.2. The molecule has 0 aliphatic carbocycles. The van der Waals surface area contributed by atoms with E-state index in [4.69, 9.17) is 34.6 Å². The zero-order valence-corrected chi connectivity index (χ0v) is 18.8. The summed E-state index contributed by atoms with van der Waals surface area (Å²) in [7, 11) is -0.460. The van der Waals surface area contributed by atoms with Crippen LogP contribution in [0.15, 0.2) is 42.5 Å². The van der Waals surface area contributed by atoms with Crippen LogP contribution in [0.25, 0.3) is 0 Å². The van der Waals surface area contributed by atoms with Gasteiger partial charge in [-0.25, -0.2) is 0 Å². The van der Waals surface area contributed by atoms with E-state index in [1.54, 1.807) is 32.4 Å². The molecule has 172 valence electrons. The van der Waals surface area contributed by atoms with Gasteiger partial charge in [-0.05, 0) is 49.6 Å². The Kier molecular flexibility index (Phi) is 11.2. The fraction of sp³-hybridized carbons (Fsp3) is 0.381. The van der Waals surface area contributed by atoms with Crippen LogP contribution in [0.3, 0.4) is 0 Å². The van der Waals surface area contributed by atoms with Gasteiger partial charge in [0, 0.05) is 5.56 Å². The average Bonchev–Trinajstić information content (AvgIpc) is 2.72. The van der Waals surface area contributed by atoms with E-state index in [2.05, 4.69) is 0 Å². The summed E-state index contributed by atoms with van der Waals surface area (Å²) in [5.41, 5.74) is 6.10. The van der Waals surface area contributed by atoms with Crippen molar-refractivity contribution < 1.29 is 31.9 Å². The molecule has 0 aliphatic heterocycles. The Morgan fingerprint density at radius 2 is 1.39 bits per heavy atom. The molecule has 31 heavy (non-hydrogen) atoms. The molecule has 2 rings (SSSR count). The van der Waals surface area contributed by atoms with Crippen LogP contribution in [0.1, 0.15) is 24.8 Å². The fourth-order valence-corrected chi connectivity index (χ4v) is 2.44. The van der Waals surface area contributed by atoms with Crippen molar-refractivity contribution in [3.63, 3.8) is 0 Å². The van der Waals surface area contributed by atoms with Gasteiger partial charge in [0.25, 0.3) is 10.1 Å². The van der Waals surface area contributed by atoms with Gasteiger partial charge in [0.15, 0.2) is 23.0 Å². The summed E-state index contributed by atoms with van der Waals surface area (Å²) in [5, 5.41) is 7.46. The number of hydrogen-bond donors (Lipinski definition) is 3. The summed E-state index contributed by atoms with van der Waals surface area (Å²) in [5.74, 6) is 2.75. The second-order valence-electron chi connectivity index (χ2n) is 6.42. The maximum absolute atomic E-state index is 9.19. The number of nitrogens with one attached hydrogen (secondary N) is 1. The van der Waals surface area contributed by atoms with Crippen LogP contribution in [0.5, 0.6) is 23.0 Å². The molecule has 0 aliphatic rings. The summed E-state index contributed by atoms with van der Waals surface area (Å²) in [6.07, 6.45) is 3.55. The lowest BCUT2D eigenvalue weighted by molar-refractivity contribution is 0.264. The Balaban J connectivity index is 0.000000861. The molecule has 2 aromatic carbocycles. The van der Waals surface area contributed by atoms with E-state index >= 15 is 0 Å². The predicted octanol–water partition coefficient (Wildman–Crippen LogP) is 3.12. The zero-order valence-electron chi connectivity index (χ0n) is 18.0. The van der Waals surface area contributed by atoms with Crippen LogP contribution in [-0.2, 0) is 10.1 Å². The molecule has 0 radical (unpaired) electrons. The van der Waals surface area contributed by atoms with Crippen LogP contribution in [0.2, 0.25) is 0 Å². The van der Waals surface area contributed by atoms with Crippen molar-refractivity contribution in [1.29, 1.82) is 5.41 Å². The normalized spacial score (nSPS) is 10.5. The molecule has 2 aromatic rings. The van der Waals surface area contributed by atoms with Crippen molar-refractivity contribution in [2.75, 3.05) is 33.7 Å². The first-order chi connectivity index (χ1) is 14.7. The van der Waals surface area contributed by atoms with E-state index in [0.29, 0.717) is 36.5 Å². The van der Waals surface area contributed by atoms with Crippen LogP contribution in [0.4, 0.5) is 0 Å². The van der Waals surface area contributed by atoms with E-state index in [0.717, 1.165) is 30.8 Å². The maximum Gasteiger partial charge on any atom is 0.261 e. The summed E-state index contributed by atoms with van der Waals surface area (Å²) in [6, 6.07) is 12.9. The molecule has 0 aromatic heterocycles. The van der Waals surface area contributed by atoms with E-state index < -0.39 is 10.1 Å². The topological polar surface area (TPSA) is 141 Å². The minimum absolute atomic E-state index is 0.00453. The number of methoxy groups -OCH3 is 2. The largest absolute Gasteiger partial charge is 0.493 e. The number of amidine groups is 1. The first-order valence-electron chi connectivity index (χ1n) is 9.49. The van der Waals surface area contributed by atoms with Crippen molar-refractivity contribution in [3.05, 3.63) is 48.0 Å². The summed E-state index contributed by atoms with van der Waals surface area (Å²) in [6.45, 7) is 1.22. The third-order valence-corrected chi connectivity index (χ3v) is 3.85. The van der Waals surface area contributed by atoms with E-state index in [1.807, 2.05) is 24.3 Å². The highest BCUT2D eigenvalue weighted by atomic mass is 32.2. The highest BCUT2D eigenvalue weighted by molar-refractivity contribution is 7.85. The molecule has 0 atom stereocenters. The van der Waals surface area contributed by atoms with Gasteiger partial charge < -0.3 is 24.7 Å². The first-order valence-corrected chi connectivity index (χ1v) is 11.3. The lowest BCUT2D eigenvalue weighted by Crippen LogP contribution is -2.11. The Morgan fingerprint density at radius 3 is 1.87 bits per heavy atom. The van der Waals surface area contributed by atoms with Crippen molar-refractivity contribution in [2.24, 2.45) is 5.73 Å². The van der Waals surface area contributed by atoms with E-state index in [-0.39, 0.29) is 5.84 Å². The van der Waals surface area contributed by atoms with Crippen LogP contribution >= 0.6 is 0 Å². The molecule has 0 unspecified atom stereocenters. The summed E-state index contributed by atoms with van der Waals surface area (Å²) < 4.78 is 47.9. The summed E-state index contributed by atoms with van der Waals surface area (Å²) >= 11 is 0. The predicted molar refractivity (Wildman–Crippen MR) is 119 cm³/mol. The van der Waals surface area contributed by atoms with Crippen molar-refractivity contribution in [3.8, 4) is 23.0 Å². The number of para-hydroxylation sites is 2. The van der Waals surface area contributed by atoms with Gasteiger partial charge in [0.05, 0.1) is 33.7 Å². The molecular weight excluding hydrogens is 424 g/mol. The lowest BCUT2D eigenvalue weighted by Gasteiger charge is -2.12.